The van der Waals surface area contributed by atoms with E-state index >= 15 is 0 Å². The molecule has 1 aliphatic heterocycles. The van der Waals surface area contributed by atoms with E-state index in [1.54, 1.807) is 0 Å². The first kappa shape index (κ1) is 11.3. The van der Waals surface area contributed by atoms with E-state index in [0.717, 1.165) is 11.4 Å². The van der Waals surface area contributed by atoms with Crippen LogP contribution in [0.25, 0.3) is 0 Å². The van der Waals surface area contributed by atoms with Crippen molar-refractivity contribution in [1.82, 2.24) is 11.0 Å². The molecule has 1 aromatic rings. The highest BCUT2D eigenvalue weighted by Crippen LogP contribution is 2.30. The topological polar surface area (TPSA) is 101 Å². The molecule has 0 bridgehead atoms. The maximum atomic E-state index is 5.92. The third kappa shape index (κ3) is 2.17. The predicted molar refractivity (Wildman–Crippen MR) is 69.0 cm³/mol. The van der Waals surface area contributed by atoms with Gasteiger partial charge in [0.15, 0.2) is 5.84 Å². The standard InChI is InChI=1S/C11H14N6/c1-2-7-10(12)14-8-5-3-4-6-9(8)15-11(7)16-17-13/h2-6,17H,13H2,1H3,(H2,12,14)(H,15,16)/b7-2+. The molecule has 0 fully saturated rings. The molecular formula is C11H14N6. The Hall–Kier alpha value is -2.18. The Kier molecular flexibility index (Phi) is 3.17. The third-order valence-corrected chi connectivity index (χ3v) is 2.37. The highest BCUT2D eigenvalue weighted by Gasteiger charge is 2.15. The molecule has 6 heteroatoms. The minimum Gasteiger partial charge on any atom is -0.383 e. The number of hydrazine groups is 2. The smallest absolute Gasteiger partial charge is 0.152 e. The van der Waals surface area contributed by atoms with Crippen molar-refractivity contribution in [2.45, 2.75) is 6.92 Å². The minimum absolute atomic E-state index is 0.402. The van der Waals surface area contributed by atoms with Gasteiger partial charge in [-0.1, -0.05) is 18.2 Å². The molecule has 2 rings (SSSR count). The first-order valence-corrected chi connectivity index (χ1v) is 5.17. The zero-order chi connectivity index (χ0) is 12.3. The van der Waals surface area contributed by atoms with E-state index in [1.807, 2.05) is 37.3 Å². The summed E-state index contributed by atoms with van der Waals surface area (Å²) < 4.78 is 0. The fourth-order valence-electron chi connectivity index (χ4n) is 1.59. The van der Waals surface area contributed by atoms with Crippen LogP contribution in [0.5, 0.6) is 0 Å². The largest absolute Gasteiger partial charge is 0.383 e. The highest BCUT2D eigenvalue weighted by atomic mass is 15.5. The van der Waals surface area contributed by atoms with Crippen molar-refractivity contribution in [1.29, 1.82) is 0 Å². The van der Waals surface area contributed by atoms with Gasteiger partial charge in [-0.2, -0.15) is 5.53 Å². The van der Waals surface area contributed by atoms with E-state index in [9.17, 15) is 0 Å². The third-order valence-electron chi connectivity index (χ3n) is 2.37. The Morgan fingerprint density at radius 2 is 1.82 bits per heavy atom. The van der Waals surface area contributed by atoms with Crippen molar-refractivity contribution in [2.24, 2.45) is 21.6 Å². The lowest BCUT2D eigenvalue weighted by atomic mass is 10.2. The maximum Gasteiger partial charge on any atom is 0.152 e. The number of allylic oxidation sites excluding steroid dienone is 1. The van der Waals surface area contributed by atoms with Gasteiger partial charge in [-0.3, -0.25) is 11.3 Å². The van der Waals surface area contributed by atoms with E-state index in [0.29, 0.717) is 17.2 Å². The van der Waals surface area contributed by atoms with Crippen molar-refractivity contribution in [3.8, 4) is 0 Å². The number of amidine groups is 2. The van der Waals surface area contributed by atoms with Gasteiger partial charge in [0.05, 0.1) is 16.9 Å². The van der Waals surface area contributed by atoms with Crippen molar-refractivity contribution in [2.75, 3.05) is 0 Å². The number of nitrogens with one attached hydrogen (secondary N) is 2. The van der Waals surface area contributed by atoms with Crippen LogP contribution in [0.15, 0.2) is 45.9 Å². The number of para-hydroxylation sites is 2. The summed E-state index contributed by atoms with van der Waals surface area (Å²) in [6, 6.07) is 7.50. The van der Waals surface area contributed by atoms with Crippen molar-refractivity contribution in [3.63, 3.8) is 0 Å². The molecule has 6 N–H and O–H groups in total. The number of fused-ring (bicyclic) bond motifs is 1. The normalized spacial score (nSPS) is 16.9. The average molecular weight is 230 g/mol. The lowest BCUT2D eigenvalue weighted by Crippen LogP contribution is -2.44. The highest BCUT2D eigenvalue weighted by molar-refractivity contribution is 6.24. The Bertz CT molecular complexity index is 514. The molecule has 1 aliphatic rings. The number of benzene rings is 1. The summed E-state index contributed by atoms with van der Waals surface area (Å²) in [5.41, 5.74) is 13.2. The zero-order valence-corrected chi connectivity index (χ0v) is 9.44. The van der Waals surface area contributed by atoms with Gasteiger partial charge in [0.1, 0.15) is 5.84 Å². The molecule has 1 aromatic carbocycles. The molecule has 0 aliphatic carbocycles. The first-order chi connectivity index (χ1) is 8.26. The second kappa shape index (κ2) is 4.77. The number of hydrogen-bond donors (Lipinski definition) is 4. The summed E-state index contributed by atoms with van der Waals surface area (Å²) in [4.78, 5) is 8.76. The molecule has 0 unspecified atom stereocenters. The summed E-state index contributed by atoms with van der Waals surface area (Å²) in [5.74, 6) is 6.19. The summed E-state index contributed by atoms with van der Waals surface area (Å²) >= 11 is 0. The lowest BCUT2D eigenvalue weighted by molar-refractivity contribution is 0.697. The van der Waals surface area contributed by atoms with Gasteiger partial charge in [-0.15, -0.1) is 0 Å². The van der Waals surface area contributed by atoms with Gasteiger partial charge in [0, 0.05) is 0 Å². The Morgan fingerprint density at radius 3 is 2.41 bits per heavy atom. The molecule has 0 spiro atoms. The molecule has 17 heavy (non-hydrogen) atoms. The molecule has 0 radical (unpaired) electrons. The van der Waals surface area contributed by atoms with Crippen LogP contribution in [0.1, 0.15) is 6.92 Å². The zero-order valence-electron chi connectivity index (χ0n) is 9.44. The van der Waals surface area contributed by atoms with Crippen LogP contribution < -0.4 is 22.5 Å². The summed E-state index contributed by atoms with van der Waals surface area (Å²) in [7, 11) is 0. The number of rotatable bonds is 1. The van der Waals surface area contributed by atoms with Gasteiger partial charge in [0.2, 0.25) is 0 Å². The maximum absolute atomic E-state index is 5.92. The molecule has 6 nitrogen and oxygen atoms in total. The molecule has 0 atom stereocenters. The Labute approximate surface area is 99.1 Å². The van der Waals surface area contributed by atoms with E-state index in [1.165, 1.54) is 0 Å². The van der Waals surface area contributed by atoms with Crippen LogP contribution in [0.4, 0.5) is 11.4 Å². The molecule has 88 valence electrons. The van der Waals surface area contributed by atoms with E-state index in [-0.39, 0.29) is 0 Å². The second-order valence-electron chi connectivity index (χ2n) is 3.42. The second-order valence-corrected chi connectivity index (χ2v) is 3.42. The lowest BCUT2D eigenvalue weighted by Gasteiger charge is -2.09. The first-order valence-electron chi connectivity index (χ1n) is 5.17. The minimum atomic E-state index is 0.402. The summed E-state index contributed by atoms with van der Waals surface area (Å²) in [5, 5.41) is 0. The van der Waals surface area contributed by atoms with Crippen LogP contribution in [-0.2, 0) is 0 Å². The van der Waals surface area contributed by atoms with Crippen LogP contribution >= 0.6 is 0 Å². The van der Waals surface area contributed by atoms with Crippen molar-refractivity contribution in [3.05, 3.63) is 35.9 Å². The fraction of sp³-hybridized carbons (Fsp3) is 0.0909. The van der Waals surface area contributed by atoms with Crippen LogP contribution in [0.3, 0.4) is 0 Å². The molecule has 0 saturated heterocycles. The van der Waals surface area contributed by atoms with Crippen LogP contribution in [0, 0.1) is 0 Å². The average Bonchev–Trinajstić information content (AvgIpc) is 2.45. The van der Waals surface area contributed by atoms with Gasteiger partial charge >= 0.3 is 0 Å². The molecule has 0 amide bonds. The van der Waals surface area contributed by atoms with Gasteiger partial charge in [-0.05, 0) is 19.1 Å². The van der Waals surface area contributed by atoms with E-state index in [4.69, 9.17) is 11.6 Å². The molecule has 1 heterocycles. The number of hydrogen-bond acceptors (Lipinski definition) is 6. The molecular weight excluding hydrogens is 216 g/mol. The Balaban J connectivity index is 2.59. The summed E-state index contributed by atoms with van der Waals surface area (Å²) in [6.07, 6.45) is 1.83. The SMILES string of the molecule is C/C=C1\C(N)=Nc2ccccc2N=C1NNN. The molecule has 0 saturated carbocycles. The Morgan fingerprint density at radius 1 is 1.18 bits per heavy atom. The quantitative estimate of drug-likeness (QED) is 0.420. The van der Waals surface area contributed by atoms with Crippen LogP contribution in [0.2, 0.25) is 0 Å². The summed E-state index contributed by atoms with van der Waals surface area (Å²) in [6.45, 7) is 1.86. The molecule has 0 aromatic heterocycles. The van der Waals surface area contributed by atoms with Crippen LogP contribution in [-0.4, -0.2) is 11.7 Å². The fourth-order valence-corrected chi connectivity index (χ4v) is 1.59. The predicted octanol–water partition coefficient (Wildman–Crippen LogP) is 0.633. The van der Waals surface area contributed by atoms with Gasteiger partial charge in [-0.25, -0.2) is 9.98 Å². The monoisotopic (exact) mass is 230 g/mol. The van der Waals surface area contributed by atoms with Gasteiger partial charge < -0.3 is 5.73 Å². The van der Waals surface area contributed by atoms with Crippen molar-refractivity contribution >= 4 is 23.0 Å². The van der Waals surface area contributed by atoms with E-state index < -0.39 is 0 Å². The number of nitrogens with zero attached hydrogens (tertiary/aromatic N) is 2. The van der Waals surface area contributed by atoms with Gasteiger partial charge in [0.25, 0.3) is 0 Å². The number of nitrogens with two attached hydrogens (primary N) is 2. The van der Waals surface area contributed by atoms with E-state index in [2.05, 4.69) is 20.9 Å². The van der Waals surface area contributed by atoms with Crippen molar-refractivity contribution < 1.29 is 0 Å². The number of aliphatic imine (C=N–C) groups is 2.